The third-order valence-corrected chi connectivity index (χ3v) is 4.29. The van der Waals surface area contributed by atoms with Crippen LogP contribution in [0.3, 0.4) is 0 Å². The zero-order valence-corrected chi connectivity index (χ0v) is 16.4. The van der Waals surface area contributed by atoms with Gasteiger partial charge in [0.15, 0.2) is 0 Å². The Balaban J connectivity index is 2.36. The van der Waals surface area contributed by atoms with Crippen LogP contribution < -0.4 is 15.0 Å². The number of methoxy groups -OCH3 is 1. The highest BCUT2D eigenvalue weighted by atomic mass is 35.5. The fourth-order valence-electron chi connectivity index (χ4n) is 2.70. The first-order valence-corrected chi connectivity index (χ1v) is 9.08. The molecule has 2 aromatic rings. The lowest BCUT2D eigenvalue weighted by Crippen LogP contribution is -2.26. The topological polar surface area (TPSA) is 50.3 Å². The highest BCUT2D eigenvalue weighted by molar-refractivity contribution is 6.31. The molecule has 0 saturated carbocycles. The summed E-state index contributed by atoms with van der Waals surface area (Å²) in [4.78, 5) is 11.5. The second-order valence-electron chi connectivity index (χ2n) is 6.10. The summed E-state index contributed by atoms with van der Waals surface area (Å²) in [5.41, 5.74) is 2.70. The number of hydrogen-bond donors (Lipinski definition) is 1. The Bertz CT molecular complexity index is 715. The van der Waals surface area contributed by atoms with E-state index >= 15 is 0 Å². The van der Waals surface area contributed by atoms with E-state index in [-0.39, 0.29) is 0 Å². The average Bonchev–Trinajstić information content (AvgIpc) is 2.57. The van der Waals surface area contributed by atoms with Gasteiger partial charge in [0.05, 0.1) is 12.8 Å². The van der Waals surface area contributed by atoms with E-state index in [0.717, 1.165) is 48.7 Å². The molecule has 0 aliphatic heterocycles. The van der Waals surface area contributed by atoms with Crippen LogP contribution in [0.5, 0.6) is 5.75 Å². The molecule has 25 heavy (non-hydrogen) atoms. The molecule has 0 saturated heterocycles. The number of rotatable bonds is 8. The maximum absolute atomic E-state index is 6.18. The van der Waals surface area contributed by atoms with Crippen molar-refractivity contribution in [2.24, 2.45) is 0 Å². The Hall–Kier alpha value is -2.01. The molecule has 6 heteroatoms. The maximum atomic E-state index is 6.18. The van der Waals surface area contributed by atoms with Crippen LogP contribution >= 0.6 is 11.6 Å². The number of nitrogens with zero attached hydrogens (tertiary/aromatic N) is 3. The molecule has 0 unspecified atom stereocenters. The summed E-state index contributed by atoms with van der Waals surface area (Å²) in [5, 5.41) is 3.95. The van der Waals surface area contributed by atoms with Gasteiger partial charge in [0, 0.05) is 35.9 Å². The zero-order valence-electron chi connectivity index (χ0n) is 15.7. The second-order valence-corrected chi connectivity index (χ2v) is 6.51. The predicted octanol–water partition coefficient (Wildman–Crippen LogP) is 5.13. The minimum atomic E-state index is 0.562. The molecular formula is C19H27ClN4O. The molecule has 136 valence electrons. The van der Waals surface area contributed by atoms with Gasteiger partial charge in [0.2, 0.25) is 5.95 Å². The monoisotopic (exact) mass is 362 g/mol. The third kappa shape index (κ3) is 4.98. The van der Waals surface area contributed by atoms with Gasteiger partial charge in [-0.1, -0.05) is 25.4 Å². The summed E-state index contributed by atoms with van der Waals surface area (Å²) >= 11 is 6.18. The third-order valence-electron chi connectivity index (χ3n) is 3.88. The number of ether oxygens (including phenoxy) is 1. The molecule has 0 radical (unpaired) electrons. The number of nitrogens with one attached hydrogen (secondary N) is 1. The van der Waals surface area contributed by atoms with Crippen molar-refractivity contribution in [2.45, 2.75) is 40.5 Å². The Kier molecular flexibility index (Phi) is 6.88. The Labute approximate surface area is 155 Å². The van der Waals surface area contributed by atoms with Crippen LogP contribution in [0.4, 0.5) is 17.5 Å². The van der Waals surface area contributed by atoms with Crippen LogP contribution in [-0.2, 0) is 0 Å². The minimum Gasteiger partial charge on any atom is -0.495 e. The Morgan fingerprint density at radius 1 is 1.08 bits per heavy atom. The molecule has 0 atom stereocenters. The summed E-state index contributed by atoms with van der Waals surface area (Å²) in [6.45, 7) is 10.3. The van der Waals surface area contributed by atoms with Gasteiger partial charge < -0.3 is 15.0 Å². The van der Waals surface area contributed by atoms with Gasteiger partial charge in [0.25, 0.3) is 0 Å². The molecule has 0 fully saturated rings. The first kappa shape index (κ1) is 19.3. The fraction of sp³-hybridized carbons (Fsp3) is 0.474. The van der Waals surface area contributed by atoms with Crippen LogP contribution in [-0.4, -0.2) is 30.2 Å². The first-order chi connectivity index (χ1) is 12.0. The van der Waals surface area contributed by atoms with E-state index < -0.39 is 0 Å². The molecular weight excluding hydrogens is 336 g/mol. The standard InChI is InChI=1S/C19H27ClN4O/c1-6-8-24(9-7-2)18-11-14(4)21-19(23-18)22-16-10-13(3)15(20)12-17(16)25-5/h10-12H,6-9H2,1-5H3,(H,21,22,23). The van der Waals surface area contributed by atoms with Crippen molar-refractivity contribution in [1.82, 2.24) is 9.97 Å². The van der Waals surface area contributed by atoms with Gasteiger partial charge >= 0.3 is 0 Å². The number of anilines is 3. The van der Waals surface area contributed by atoms with Crippen LogP contribution in [0.15, 0.2) is 18.2 Å². The summed E-state index contributed by atoms with van der Waals surface area (Å²) in [5.74, 6) is 2.18. The number of halogens is 1. The van der Waals surface area contributed by atoms with Crippen LogP contribution in [0.2, 0.25) is 5.02 Å². The molecule has 0 aliphatic carbocycles. The molecule has 0 aliphatic rings. The van der Waals surface area contributed by atoms with E-state index in [2.05, 4.69) is 29.0 Å². The molecule has 5 nitrogen and oxygen atoms in total. The molecule has 1 heterocycles. The van der Waals surface area contributed by atoms with Crippen molar-refractivity contribution in [2.75, 3.05) is 30.4 Å². The highest BCUT2D eigenvalue weighted by Gasteiger charge is 2.12. The quantitative estimate of drug-likeness (QED) is 0.705. The van der Waals surface area contributed by atoms with E-state index in [9.17, 15) is 0 Å². The Morgan fingerprint density at radius 3 is 2.36 bits per heavy atom. The van der Waals surface area contributed by atoms with E-state index in [4.69, 9.17) is 21.3 Å². The van der Waals surface area contributed by atoms with Crippen LogP contribution in [0, 0.1) is 13.8 Å². The summed E-state index contributed by atoms with van der Waals surface area (Å²) in [6, 6.07) is 5.78. The van der Waals surface area contributed by atoms with Crippen molar-refractivity contribution in [3.8, 4) is 5.75 Å². The molecule has 1 aromatic heterocycles. The SMILES string of the molecule is CCCN(CCC)c1cc(C)nc(Nc2cc(C)c(Cl)cc2OC)n1. The summed E-state index contributed by atoms with van der Waals surface area (Å²) in [7, 11) is 1.62. The maximum Gasteiger partial charge on any atom is 0.229 e. The second kappa shape index (κ2) is 8.90. The molecule has 1 N–H and O–H groups in total. The number of aryl methyl sites for hydroxylation is 2. The molecule has 1 aromatic carbocycles. The van der Waals surface area contributed by atoms with Gasteiger partial charge in [0.1, 0.15) is 11.6 Å². The van der Waals surface area contributed by atoms with E-state index in [1.165, 1.54) is 0 Å². The normalized spacial score (nSPS) is 10.6. The lowest BCUT2D eigenvalue weighted by Gasteiger charge is -2.23. The summed E-state index contributed by atoms with van der Waals surface area (Å²) < 4.78 is 5.43. The Morgan fingerprint density at radius 2 is 1.76 bits per heavy atom. The van der Waals surface area contributed by atoms with Gasteiger partial charge in [-0.2, -0.15) is 4.98 Å². The van der Waals surface area contributed by atoms with Crippen LogP contribution in [0.1, 0.15) is 37.9 Å². The van der Waals surface area contributed by atoms with E-state index in [1.54, 1.807) is 13.2 Å². The minimum absolute atomic E-state index is 0.562. The molecule has 0 bridgehead atoms. The summed E-state index contributed by atoms with van der Waals surface area (Å²) in [6.07, 6.45) is 2.16. The molecule has 0 spiro atoms. The first-order valence-electron chi connectivity index (χ1n) is 8.70. The van der Waals surface area contributed by atoms with E-state index in [0.29, 0.717) is 16.7 Å². The van der Waals surface area contributed by atoms with Crippen molar-refractivity contribution in [3.05, 3.63) is 34.5 Å². The van der Waals surface area contributed by atoms with Crippen molar-refractivity contribution in [3.63, 3.8) is 0 Å². The predicted molar refractivity (Wildman–Crippen MR) is 106 cm³/mol. The number of aromatic nitrogens is 2. The number of benzene rings is 1. The molecule has 2 rings (SSSR count). The number of hydrogen-bond acceptors (Lipinski definition) is 5. The lowest BCUT2D eigenvalue weighted by atomic mass is 10.2. The average molecular weight is 363 g/mol. The smallest absolute Gasteiger partial charge is 0.229 e. The lowest BCUT2D eigenvalue weighted by molar-refractivity contribution is 0.416. The zero-order chi connectivity index (χ0) is 18.4. The highest BCUT2D eigenvalue weighted by Crippen LogP contribution is 2.32. The largest absolute Gasteiger partial charge is 0.495 e. The van der Waals surface area contributed by atoms with Crippen molar-refractivity contribution >= 4 is 29.1 Å². The molecule has 0 amide bonds. The van der Waals surface area contributed by atoms with Gasteiger partial charge in [-0.05, 0) is 38.3 Å². The van der Waals surface area contributed by atoms with Gasteiger partial charge in [-0.25, -0.2) is 4.98 Å². The van der Waals surface area contributed by atoms with Crippen molar-refractivity contribution in [1.29, 1.82) is 0 Å². The van der Waals surface area contributed by atoms with Gasteiger partial charge in [-0.15, -0.1) is 0 Å². The van der Waals surface area contributed by atoms with Crippen molar-refractivity contribution < 1.29 is 4.74 Å². The van der Waals surface area contributed by atoms with Gasteiger partial charge in [-0.3, -0.25) is 0 Å². The van der Waals surface area contributed by atoms with E-state index in [1.807, 2.05) is 26.0 Å². The van der Waals surface area contributed by atoms with Crippen LogP contribution in [0.25, 0.3) is 0 Å². The fourth-order valence-corrected chi connectivity index (χ4v) is 2.85.